The van der Waals surface area contributed by atoms with E-state index in [2.05, 4.69) is 0 Å². The van der Waals surface area contributed by atoms with Crippen LogP contribution >= 0.6 is 0 Å². The Balaban J connectivity index is 4.65. The number of carbonyl (C=O) groups excluding carboxylic acids is 1. The number of nitrogens with zero attached hydrogens (tertiary/aromatic N) is 2. The zero-order valence-electron chi connectivity index (χ0n) is 10.1. The molecule has 0 fully saturated rings. The predicted octanol–water partition coefficient (Wildman–Crippen LogP) is -0.0302. The van der Waals surface area contributed by atoms with Gasteiger partial charge in [-0.05, 0) is 0 Å². The first kappa shape index (κ1) is 14.3. The molecular weight excluding hydrogens is 195 g/mol. The summed E-state index contributed by atoms with van der Waals surface area (Å²) in [5.74, 6) is -0.0168. The average molecular weight is 214 g/mol. The molecule has 0 aliphatic rings. The monoisotopic (exact) mass is 214 g/mol. The summed E-state index contributed by atoms with van der Waals surface area (Å²) in [7, 11) is 5.54. The van der Waals surface area contributed by atoms with Crippen molar-refractivity contribution in [3.8, 4) is 0 Å². The van der Waals surface area contributed by atoms with Gasteiger partial charge in [-0.15, -0.1) is 0 Å². The Kier molecular flexibility index (Phi) is 6.35. The van der Waals surface area contributed by atoms with Crippen LogP contribution in [0.5, 0.6) is 0 Å². The predicted molar refractivity (Wildman–Crippen MR) is 57.5 cm³/mol. The maximum absolute atomic E-state index is 11.9. The molecule has 0 aliphatic carbocycles. The molecule has 0 aliphatic heterocycles. The van der Waals surface area contributed by atoms with Gasteiger partial charge in [-0.3, -0.25) is 0 Å². The molecule has 86 valence electrons. The van der Waals surface area contributed by atoms with Crippen molar-refractivity contribution >= 4 is 13.1 Å². The van der Waals surface area contributed by atoms with E-state index in [0.717, 1.165) is 7.15 Å². The number of hydrogen-bond acceptors (Lipinski definition) is 4. The summed E-state index contributed by atoms with van der Waals surface area (Å²) in [5, 5.41) is 1.19. The molecule has 0 bridgehead atoms. The summed E-state index contributed by atoms with van der Waals surface area (Å²) in [5.41, 5.74) is 0. The van der Waals surface area contributed by atoms with E-state index in [1.165, 1.54) is 12.2 Å². The number of carbonyl (C=O) groups is 1. The maximum atomic E-state index is 11.9. The van der Waals surface area contributed by atoms with Gasteiger partial charge in [-0.25, -0.2) is 0 Å². The molecule has 5 nitrogen and oxygen atoms in total. The molecule has 0 unspecified atom stereocenters. The number of likely N-dealkylation sites (N-methyl/N-ethyl adjacent to an activating group) is 2. The van der Waals surface area contributed by atoms with Gasteiger partial charge in [0.1, 0.15) is 0 Å². The molecule has 0 aromatic rings. The van der Waals surface area contributed by atoms with Crippen molar-refractivity contribution < 1.29 is 14.3 Å². The molecule has 1 amide bonds. The first-order valence-electron chi connectivity index (χ1n) is 4.91. The van der Waals surface area contributed by atoms with Gasteiger partial charge in [0.2, 0.25) is 0 Å². The summed E-state index contributed by atoms with van der Waals surface area (Å²) in [4.78, 5) is 18.4. The second-order valence-electron chi connectivity index (χ2n) is 3.81. The first-order chi connectivity index (χ1) is 6.95. The third-order valence-corrected chi connectivity index (χ3v) is 2.31. The van der Waals surface area contributed by atoms with E-state index >= 15 is 0 Å². The Morgan fingerprint density at radius 1 is 1.40 bits per heavy atom. The molecule has 0 aromatic carbocycles. The molecule has 0 saturated carbocycles. The van der Waals surface area contributed by atoms with Gasteiger partial charge in [-0.2, -0.15) is 0 Å². The van der Waals surface area contributed by atoms with E-state index in [4.69, 9.17) is 4.84 Å². The van der Waals surface area contributed by atoms with Gasteiger partial charge in [0.15, 0.2) is 0 Å². The first-order valence-corrected chi connectivity index (χ1v) is 4.91. The molecule has 1 atom stereocenters. The Bertz CT molecular complexity index is 223. The summed E-state index contributed by atoms with van der Waals surface area (Å²) in [6, 6.07) is -0.333. The Morgan fingerprint density at radius 2 is 1.93 bits per heavy atom. The topological polar surface area (TPSA) is 49.9 Å². The molecule has 0 rings (SSSR count). The van der Waals surface area contributed by atoms with E-state index < -0.39 is 0 Å². The normalized spacial score (nSPS) is 12.7. The molecule has 0 N–H and O–H groups in total. The number of rotatable bonds is 6. The summed E-state index contributed by atoms with van der Waals surface area (Å²) in [6.07, 6.45) is 0.242. The van der Waals surface area contributed by atoms with Crippen molar-refractivity contribution in [1.29, 1.82) is 0 Å². The van der Waals surface area contributed by atoms with E-state index in [1.807, 2.05) is 13.8 Å². The summed E-state index contributed by atoms with van der Waals surface area (Å²) in [6.45, 7) is 3.88. The molecule has 0 heterocycles. The van der Waals surface area contributed by atoms with Crippen LogP contribution in [0.2, 0.25) is 0 Å². The Labute approximate surface area is 91.6 Å². The van der Waals surface area contributed by atoms with Gasteiger partial charge in [0, 0.05) is 0 Å². The van der Waals surface area contributed by atoms with Crippen LogP contribution in [0.25, 0.3) is 0 Å². The number of hydroxylamine groups is 2. The van der Waals surface area contributed by atoms with E-state index in [-0.39, 0.29) is 24.3 Å². The fourth-order valence-electron chi connectivity index (χ4n) is 1.49. The molecule has 15 heavy (non-hydrogen) atoms. The second-order valence-corrected chi connectivity index (χ2v) is 3.81. The van der Waals surface area contributed by atoms with Crippen molar-refractivity contribution in [2.45, 2.75) is 19.9 Å². The van der Waals surface area contributed by atoms with Crippen molar-refractivity contribution in [2.75, 3.05) is 27.6 Å². The van der Waals surface area contributed by atoms with Gasteiger partial charge < -0.3 is 0 Å². The zero-order valence-corrected chi connectivity index (χ0v) is 10.1. The van der Waals surface area contributed by atoms with Crippen LogP contribution in [-0.4, -0.2) is 56.7 Å². The fourth-order valence-corrected chi connectivity index (χ4v) is 1.49. The summed E-state index contributed by atoms with van der Waals surface area (Å²) >= 11 is 0. The minimum absolute atomic E-state index is 0.125. The Hall–Kier alpha value is -0.745. The molecule has 0 spiro atoms. The van der Waals surface area contributed by atoms with Gasteiger partial charge in [0.25, 0.3) is 0 Å². The Morgan fingerprint density at radius 3 is 2.27 bits per heavy atom. The van der Waals surface area contributed by atoms with Crippen molar-refractivity contribution in [1.82, 2.24) is 9.96 Å². The molecule has 0 saturated heterocycles. The van der Waals surface area contributed by atoms with E-state index in [1.54, 1.807) is 19.0 Å². The van der Waals surface area contributed by atoms with Crippen LogP contribution in [0.4, 0.5) is 0 Å². The second kappa shape index (κ2) is 6.69. The third kappa shape index (κ3) is 4.09. The summed E-state index contributed by atoms with van der Waals surface area (Å²) < 4.78 is 10.4. The van der Waals surface area contributed by atoms with Crippen LogP contribution in [0.3, 0.4) is 0 Å². The van der Waals surface area contributed by atoms with Crippen molar-refractivity contribution in [3.63, 3.8) is 0 Å². The SMILES string of the molecule is CON(C)C(=O)[C@H](C(C)C)N(C)CB=O. The van der Waals surface area contributed by atoms with E-state index in [0.29, 0.717) is 0 Å². The zero-order chi connectivity index (χ0) is 12.0. The molecular formula is C9H19BN2O3. The van der Waals surface area contributed by atoms with Crippen molar-refractivity contribution in [3.05, 3.63) is 0 Å². The third-order valence-electron chi connectivity index (χ3n) is 2.31. The molecule has 0 aromatic heterocycles. The van der Waals surface area contributed by atoms with Crippen LogP contribution in [0.1, 0.15) is 13.8 Å². The standard InChI is InChI=1S/C9H19BN2O3/c1-7(2)8(11(3)6-10-14)9(13)12(4)15-5/h7-8H,6H2,1-5H3/t8-/m0/s1. The van der Waals surface area contributed by atoms with Crippen LogP contribution in [0, 0.1) is 5.92 Å². The van der Waals surface area contributed by atoms with Gasteiger partial charge in [-0.1, -0.05) is 0 Å². The van der Waals surface area contributed by atoms with Crippen LogP contribution in [0.15, 0.2) is 0 Å². The fraction of sp³-hybridized carbons (Fsp3) is 0.889. The molecule has 6 heteroatoms. The van der Waals surface area contributed by atoms with Crippen LogP contribution < -0.4 is 0 Å². The number of hydrogen-bond donors (Lipinski definition) is 0. The quantitative estimate of drug-likeness (QED) is 0.460. The van der Waals surface area contributed by atoms with E-state index in [9.17, 15) is 9.50 Å². The number of amides is 1. The van der Waals surface area contributed by atoms with Crippen molar-refractivity contribution in [2.24, 2.45) is 5.92 Å². The van der Waals surface area contributed by atoms with Crippen LogP contribution in [-0.2, 0) is 14.3 Å². The molecule has 0 radical (unpaired) electrons. The average Bonchev–Trinajstić information content (AvgIpc) is 2.16. The van der Waals surface area contributed by atoms with Gasteiger partial charge in [0.05, 0.1) is 0 Å². The van der Waals surface area contributed by atoms with Gasteiger partial charge >= 0.3 is 90.8 Å². The minimum atomic E-state index is -0.333.